The molecule has 2 saturated heterocycles. The lowest BCUT2D eigenvalue weighted by molar-refractivity contribution is -0.125. The standard InChI is InChI=1S/C19H28N6O3/c1-14-16-17(21-13-22-19(16)28-23-14)25-7-2-4-15(12-25)18(26)20-5-3-6-24-8-10-27-11-9-24/h13,15H,2-12H2,1H3,(H,20,26)/t15-/m1/s1. The Hall–Kier alpha value is -2.26. The van der Waals surface area contributed by atoms with Crippen molar-refractivity contribution >= 4 is 22.8 Å². The van der Waals surface area contributed by atoms with Gasteiger partial charge in [-0.15, -0.1) is 0 Å². The van der Waals surface area contributed by atoms with Crippen molar-refractivity contribution in [2.45, 2.75) is 26.2 Å². The lowest BCUT2D eigenvalue weighted by Crippen LogP contribution is -2.44. The van der Waals surface area contributed by atoms with Crippen molar-refractivity contribution in [1.29, 1.82) is 0 Å². The van der Waals surface area contributed by atoms with Gasteiger partial charge in [0.05, 0.1) is 24.8 Å². The van der Waals surface area contributed by atoms with E-state index in [2.05, 4.69) is 30.2 Å². The Labute approximate surface area is 164 Å². The smallest absolute Gasteiger partial charge is 0.263 e. The summed E-state index contributed by atoms with van der Waals surface area (Å²) in [6, 6.07) is 0. The minimum Gasteiger partial charge on any atom is -0.379 e. The third-order valence-corrected chi connectivity index (χ3v) is 5.57. The molecule has 0 saturated carbocycles. The molecule has 0 unspecified atom stereocenters. The number of anilines is 1. The molecule has 0 aliphatic carbocycles. The molecule has 1 N–H and O–H groups in total. The first-order valence-corrected chi connectivity index (χ1v) is 10.1. The van der Waals surface area contributed by atoms with Crippen LogP contribution in [0.3, 0.4) is 0 Å². The zero-order valence-electron chi connectivity index (χ0n) is 16.4. The molecule has 4 heterocycles. The van der Waals surface area contributed by atoms with Crippen molar-refractivity contribution in [2.24, 2.45) is 5.92 Å². The highest BCUT2D eigenvalue weighted by atomic mass is 16.5. The maximum atomic E-state index is 12.7. The monoisotopic (exact) mass is 388 g/mol. The molecule has 28 heavy (non-hydrogen) atoms. The highest BCUT2D eigenvalue weighted by Crippen LogP contribution is 2.29. The van der Waals surface area contributed by atoms with Crippen LogP contribution >= 0.6 is 0 Å². The topological polar surface area (TPSA) is 96.6 Å². The normalized spacial score (nSPS) is 21.2. The average molecular weight is 388 g/mol. The molecule has 9 nitrogen and oxygen atoms in total. The molecule has 9 heteroatoms. The summed E-state index contributed by atoms with van der Waals surface area (Å²) in [5.74, 6) is 0.926. The van der Waals surface area contributed by atoms with Crippen molar-refractivity contribution in [3.05, 3.63) is 12.0 Å². The third-order valence-electron chi connectivity index (χ3n) is 5.57. The van der Waals surface area contributed by atoms with E-state index in [4.69, 9.17) is 9.26 Å². The lowest BCUT2D eigenvalue weighted by atomic mass is 9.97. The quantitative estimate of drug-likeness (QED) is 0.732. The predicted molar refractivity (Wildman–Crippen MR) is 104 cm³/mol. The van der Waals surface area contributed by atoms with E-state index in [1.165, 1.54) is 6.33 Å². The van der Waals surface area contributed by atoms with Crippen molar-refractivity contribution in [3.63, 3.8) is 0 Å². The van der Waals surface area contributed by atoms with E-state index in [-0.39, 0.29) is 11.8 Å². The molecule has 0 bridgehead atoms. The van der Waals surface area contributed by atoms with Crippen molar-refractivity contribution in [3.8, 4) is 0 Å². The molecule has 4 rings (SSSR count). The molecule has 2 aromatic rings. The second kappa shape index (κ2) is 8.83. The summed E-state index contributed by atoms with van der Waals surface area (Å²) in [6.45, 7) is 8.74. The summed E-state index contributed by atoms with van der Waals surface area (Å²) in [4.78, 5) is 25.8. The fraction of sp³-hybridized carbons (Fsp3) is 0.684. The fourth-order valence-corrected chi connectivity index (χ4v) is 4.01. The number of carbonyl (C=O) groups excluding carboxylic acids is 1. The number of carbonyl (C=O) groups is 1. The number of hydrogen-bond acceptors (Lipinski definition) is 8. The van der Waals surface area contributed by atoms with Crippen LogP contribution in [0.25, 0.3) is 11.1 Å². The van der Waals surface area contributed by atoms with E-state index in [1.807, 2.05) is 6.92 Å². The van der Waals surface area contributed by atoms with Crippen LogP contribution in [0.5, 0.6) is 0 Å². The average Bonchev–Trinajstić information content (AvgIpc) is 3.13. The molecule has 1 atom stereocenters. The van der Waals surface area contributed by atoms with E-state index in [0.29, 0.717) is 12.3 Å². The van der Waals surface area contributed by atoms with Gasteiger partial charge < -0.3 is 19.5 Å². The van der Waals surface area contributed by atoms with Crippen LogP contribution in [0.4, 0.5) is 5.82 Å². The molecular weight excluding hydrogens is 360 g/mol. The zero-order valence-corrected chi connectivity index (χ0v) is 16.4. The van der Waals surface area contributed by atoms with Crippen molar-refractivity contribution in [1.82, 2.24) is 25.3 Å². The molecule has 2 aliphatic rings. The molecule has 0 radical (unpaired) electrons. The number of nitrogens with one attached hydrogen (secondary N) is 1. The number of morpholine rings is 1. The van der Waals surface area contributed by atoms with Gasteiger partial charge in [0.25, 0.3) is 5.71 Å². The first-order chi connectivity index (χ1) is 13.7. The van der Waals surface area contributed by atoms with Crippen LogP contribution in [0.1, 0.15) is 25.0 Å². The van der Waals surface area contributed by atoms with Gasteiger partial charge in [0, 0.05) is 32.7 Å². The van der Waals surface area contributed by atoms with Crippen LogP contribution in [0.2, 0.25) is 0 Å². The zero-order chi connectivity index (χ0) is 19.3. The Bertz CT molecular complexity index is 804. The summed E-state index contributed by atoms with van der Waals surface area (Å²) in [5, 5.41) is 7.96. The van der Waals surface area contributed by atoms with E-state index in [9.17, 15) is 4.79 Å². The molecular formula is C19H28N6O3. The highest BCUT2D eigenvalue weighted by Gasteiger charge is 2.28. The fourth-order valence-electron chi connectivity index (χ4n) is 4.01. The molecule has 0 aromatic carbocycles. The maximum absolute atomic E-state index is 12.7. The van der Waals surface area contributed by atoms with E-state index >= 15 is 0 Å². The largest absolute Gasteiger partial charge is 0.379 e. The Kier molecular flexibility index (Phi) is 6.01. The van der Waals surface area contributed by atoms with Crippen molar-refractivity contribution < 1.29 is 14.1 Å². The number of nitrogens with zero attached hydrogens (tertiary/aromatic N) is 5. The van der Waals surface area contributed by atoms with Crippen molar-refractivity contribution in [2.75, 3.05) is 57.4 Å². The minimum atomic E-state index is -0.0256. The van der Waals surface area contributed by atoms with E-state index in [0.717, 1.165) is 82.1 Å². The van der Waals surface area contributed by atoms with Crippen LogP contribution in [0, 0.1) is 12.8 Å². The van der Waals surface area contributed by atoms with Gasteiger partial charge in [0.1, 0.15) is 17.5 Å². The Morgan fingerprint density at radius 1 is 1.29 bits per heavy atom. The summed E-state index contributed by atoms with van der Waals surface area (Å²) in [5.41, 5.74) is 1.28. The summed E-state index contributed by atoms with van der Waals surface area (Å²) >= 11 is 0. The summed E-state index contributed by atoms with van der Waals surface area (Å²) in [7, 11) is 0. The molecule has 2 aliphatic heterocycles. The van der Waals surface area contributed by atoms with Crippen LogP contribution in [-0.4, -0.2) is 78.4 Å². The number of fused-ring (bicyclic) bond motifs is 1. The molecule has 152 valence electrons. The van der Waals surface area contributed by atoms with Gasteiger partial charge >= 0.3 is 0 Å². The second-order valence-corrected chi connectivity index (χ2v) is 7.53. The number of piperidine rings is 1. The lowest BCUT2D eigenvalue weighted by Gasteiger charge is -2.33. The number of rotatable bonds is 6. The molecule has 2 aromatic heterocycles. The predicted octanol–water partition coefficient (Wildman–Crippen LogP) is 0.981. The molecule has 2 fully saturated rings. The van der Waals surface area contributed by atoms with Gasteiger partial charge in [-0.3, -0.25) is 9.69 Å². The van der Waals surface area contributed by atoms with E-state index in [1.54, 1.807) is 0 Å². The van der Waals surface area contributed by atoms with Gasteiger partial charge in [-0.1, -0.05) is 5.16 Å². The number of aromatic nitrogens is 3. The van der Waals surface area contributed by atoms with E-state index < -0.39 is 0 Å². The first kappa shape index (κ1) is 19.1. The second-order valence-electron chi connectivity index (χ2n) is 7.53. The van der Waals surface area contributed by atoms with Crippen LogP contribution < -0.4 is 10.2 Å². The SMILES string of the molecule is Cc1noc2ncnc(N3CCC[C@@H](C(=O)NCCCN4CCOCC4)C3)c12. The number of amides is 1. The maximum Gasteiger partial charge on any atom is 0.263 e. The molecule has 0 spiro atoms. The van der Waals surface area contributed by atoms with Crippen LogP contribution in [-0.2, 0) is 9.53 Å². The summed E-state index contributed by atoms with van der Waals surface area (Å²) in [6.07, 6.45) is 4.33. The number of ether oxygens (including phenoxy) is 1. The van der Waals surface area contributed by atoms with Gasteiger partial charge in [0.15, 0.2) is 0 Å². The number of aryl methyl sites for hydroxylation is 1. The first-order valence-electron chi connectivity index (χ1n) is 10.1. The molecule has 1 amide bonds. The summed E-state index contributed by atoms with van der Waals surface area (Å²) < 4.78 is 10.6. The highest BCUT2D eigenvalue weighted by molar-refractivity contribution is 5.88. The van der Waals surface area contributed by atoms with Crippen LogP contribution in [0.15, 0.2) is 10.9 Å². The Balaban J connectivity index is 1.30. The Morgan fingerprint density at radius 3 is 3.00 bits per heavy atom. The Morgan fingerprint density at radius 2 is 2.14 bits per heavy atom. The number of hydrogen-bond donors (Lipinski definition) is 1. The van der Waals surface area contributed by atoms with Gasteiger partial charge in [-0.05, 0) is 32.7 Å². The van der Waals surface area contributed by atoms with Gasteiger partial charge in [-0.2, -0.15) is 4.98 Å². The third kappa shape index (κ3) is 4.25. The van der Waals surface area contributed by atoms with Gasteiger partial charge in [-0.25, -0.2) is 4.98 Å². The minimum absolute atomic E-state index is 0.0256. The van der Waals surface area contributed by atoms with Gasteiger partial charge in [0.2, 0.25) is 5.91 Å².